The maximum absolute atomic E-state index is 6.31. The van der Waals surface area contributed by atoms with E-state index in [1.54, 1.807) is 0 Å². The van der Waals surface area contributed by atoms with Crippen molar-refractivity contribution in [2.24, 2.45) is 0 Å². The van der Waals surface area contributed by atoms with Crippen molar-refractivity contribution in [3.05, 3.63) is 58.4 Å². The van der Waals surface area contributed by atoms with Crippen LogP contribution in [0.4, 0.5) is 0 Å². The summed E-state index contributed by atoms with van der Waals surface area (Å²) in [4.78, 5) is 0. The van der Waals surface area contributed by atoms with E-state index in [1.165, 1.54) is 29.7 Å². The lowest BCUT2D eigenvalue weighted by molar-refractivity contribution is 0.634. The summed E-state index contributed by atoms with van der Waals surface area (Å²) in [6.45, 7) is 3.85. The Kier molecular flexibility index (Phi) is 3.63. The summed E-state index contributed by atoms with van der Waals surface area (Å²) in [6, 6.07) is 11.3. The highest BCUT2D eigenvalue weighted by Gasteiger charge is 2.20. The Morgan fingerprint density at radius 1 is 1.32 bits per heavy atom. The lowest BCUT2D eigenvalue weighted by atomic mass is 10.1. The topological polar surface area (TPSA) is 17.0 Å². The Morgan fingerprint density at radius 3 is 2.89 bits per heavy atom. The average Bonchev–Trinajstić information content (AvgIpc) is 3.11. The van der Waals surface area contributed by atoms with E-state index in [0.717, 1.165) is 24.2 Å². The minimum atomic E-state index is 0.742. The van der Waals surface area contributed by atoms with Crippen LogP contribution in [-0.4, -0.2) is 10.6 Å². The number of nitrogens with one attached hydrogen (secondary N) is 1. The monoisotopic (exact) mass is 274 g/mol. The summed E-state index contributed by atoms with van der Waals surface area (Å²) in [7, 11) is 0. The molecule has 2 aromatic rings. The molecule has 1 N–H and O–H groups in total. The highest BCUT2D eigenvalue weighted by atomic mass is 35.5. The van der Waals surface area contributed by atoms with Gasteiger partial charge < -0.3 is 9.88 Å². The molecule has 1 fully saturated rings. The first-order chi connectivity index (χ1) is 9.22. The zero-order valence-electron chi connectivity index (χ0n) is 11.2. The normalized spacial score (nSPS) is 14.8. The molecule has 0 unspecified atom stereocenters. The second kappa shape index (κ2) is 5.40. The Bertz CT molecular complexity index is 570. The second-order valence-electron chi connectivity index (χ2n) is 5.38. The van der Waals surface area contributed by atoms with E-state index in [2.05, 4.69) is 47.3 Å². The van der Waals surface area contributed by atoms with E-state index in [9.17, 15) is 0 Å². The molecule has 1 aromatic carbocycles. The molecule has 0 amide bonds. The fourth-order valence-electron chi connectivity index (χ4n) is 2.26. The number of nitrogens with zero attached hydrogens (tertiary/aromatic N) is 1. The molecule has 2 nitrogen and oxygen atoms in total. The molecule has 1 heterocycles. The first-order valence-electron chi connectivity index (χ1n) is 6.85. The number of aryl methyl sites for hydroxylation is 1. The molecule has 0 radical (unpaired) electrons. The van der Waals surface area contributed by atoms with Crippen molar-refractivity contribution in [3.8, 4) is 0 Å². The molecule has 0 spiro atoms. The summed E-state index contributed by atoms with van der Waals surface area (Å²) in [5.74, 6) is 0. The van der Waals surface area contributed by atoms with Crippen LogP contribution in [0.15, 0.2) is 36.5 Å². The van der Waals surface area contributed by atoms with Gasteiger partial charge in [-0.2, -0.15) is 0 Å². The number of aromatic nitrogens is 1. The van der Waals surface area contributed by atoms with Gasteiger partial charge in [0.25, 0.3) is 0 Å². The second-order valence-corrected chi connectivity index (χ2v) is 5.78. The quantitative estimate of drug-likeness (QED) is 0.879. The van der Waals surface area contributed by atoms with E-state index < -0.39 is 0 Å². The van der Waals surface area contributed by atoms with Crippen molar-refractivity contribution in [1.29, 1.82) is 0 Å². The summed E-state index contributed by atoms with van der Waals surface area (Å²) in [5, 5.41) is 4.41. The molecule has 100 valence electrons. The molecule has 1 aliphatic carbocycles. The predicted molar refractivity (Wildman–Crippen MR) is 79.6 cm³/mol. The molecule has 19 heavy (non-hydrogen) atoms. The zero-order chi connectivity index (χ0) is 13.2. The summed E-state index contributed by atoms with van der Waals surface area (Å²) >= 11 is 6.31. The van der Waals surface area contributed by atoms with Gasteiger partial charge in [0.05, 0.1) is 0 Å². The lowest BCUT2D eigenvalue weighted by Gasteiger charge is -2.11. The molecule has 0 saturated heterocycles. The first kappa shape index (κ1) is 12.8. The van der Waals surface area contributed by atoms with E-state index in [1.807, 2.05) is 6.07 Å². The number of hydrogen-bond donors (Lipinski definition) is 1. The van der Waals surface area contributed by atoms with Crippen LogP contribution >= 0.6 is 11.6 Å². The highest BCUT2D eigenvalue weighted by Crippen LogP contribution is 2.21. The van der Waals surface area contributed by atoms with Gasteiger partial charge in [-0.05, 0) is 49.1 Å². The van der Waals surface area contributed by atoms with Gasteiger partial charge in [0.1, 0.15) is 0 Å². The van der Waals surface area contributed by atoms with Crippen molar-refractivity contribution in [2.45, 2.75) is 38.9 Å². The number of halogens is 1. The summed E-state index contributed by atoms with van der Waals surface area (Å²) in [6.07, 6.45) is 4.77. The Labute approximate surface area is 119 Å². The SMILES string of the molecule is Cc1ccc(Cn2cccc2CNC2CC2)c(Cl)c1. The van der Waals surface area contributed by atoms with Gasteiger partial charge >= 0.3 is 0 Å². The van der Waals surface area contributed by atoms with Gasteiger partial charge in [-0.3, -0.25) is 0 Å². The average molecular weight is 275 g/mol. The molecule has 1 saturated carbocycles. The summed E-state index contributed by atoms with van der Waals surface area (Å²) < 4.78 is 2.27. The Hall–Kier alpha value is -1.25. The largest absolute Gasteiger partial charge is 0.346 e. The van der Waals surface area contributed by atoms with Gasteiger partial charge in [-0.25, -0.2) is 0 Å². The third-order valence-corrected chi connectivity index (χ3v) is 3.97. The lowest BCUT2D eigenvalue weighted by Crippen LogP contribution is -2.18. The fourth-order valence-corrected chi connectivity index (χ4v) is 2.56. The molecule has 3 heteroatoms. The zero-order valence-corrected chi connectivity index (χ0v) is 12.0. The summed E-state index contributed by atoms with van der Waals surface area (Å²) in [5.41, 5.74) is 3.71. The van der Waals surface area contributed by atoms with Crippen LogP contribution in [0, 0.1) is 6.92 Å². The smallest absolute Gasteiger partial charge is 0.0488 e. The number of hydrogen-bond acceptors (Lipinski definition) is 1. The van der Waals surface area contributed by atoms with Crippen LogP contribution in [0.1, 0.15) is 29.7 Å². The number of rotatable bonds is 5. The van der Waals surface area contributed by atoms with Gasteiger partial charge in [-0.1, -0.05) is 23.7 Å². The molecular formula is C16H19ClN2. The number of benzene rings is 1. The van der Waals surface area contributed by atoms with Gasteiger partial charge in [0, 0.05) is 36.0 Å². The standard InChI is InChI=1S/C16H19ClN2/c1-12-4-5-13(16(17)9-12)11-19-8-2-3-15(19)10-18-14-6-7-14/h2-5,8-9,14,18H,6-7,10-11H2,1H3. The van der Waals surface area contributed by atoms with Crippen molar-refractivity contribution >= 4 is 11.6 Å². The van der Waals surface area contributed by atoms with Crippen LogP contribution in [0.3, 0.4) is 0 Å². The van der Waals surface area contributed by atoms with Crippen molar-refractivity contribution in [3.63, 3.8) is 0 Å². The van der Waals surface area contributed by atoms with Gasteiger partial charge in [0.15, 0.2) is 0 Å². The van der Waals surface area contributed by atoms with Crippen LogP contribution < -0.4 is 5.32 Å². The molecule has 3 rings (SSSR count). The molecule has 1 aliphatic rings. The molecule has 0 aliphatic heterocycles. The molecule has 0 bridgehead atoms. The minimum Gasteiger partial charge on any atom is -0.346 e. The minimum absolute atomic E-state index is 0.742. The van der Waals surface area contributed by atoms with Crippen molar-refractivity contribution < 1.29 is 0 Å². The van der Waals surface area contributed by atoms with E-state index >= 15 is 0 Å². The Balaban J connectivity index is 1.73. The van der Waals surface area contributed by atoms with Gasteiger partial charge in [-0.15, -0.1) is 0 Å². The van der Waals surface area contributed by atoms with Crippen LogP contribution in [-0.2, 0) is 13.1 Å². The first-order valence-corrected chi connectivity index (χ1v) is 7.22. The molecule has 0 atom stereocenters. The third-order valence-electron chi connectivity index (χ3n) is 3.62. The predicted octanol–water partition coefficient (Wildman–Crippen LogP) is 3.75. The highest BCUT2D eigenvalue weighted by molar-refractivity contribution is 6.31. The van der Waals surface area contributed by atoms with E-state index in [0.29, 0.717) is 0 Å². The van der Waals surface area contributed by atoms with Crippen LogP contribution in [0.25, 0.3) is 0 Å². The molecular weight excluding hydrogens is 256 g/mol. The van der Waals surface area contributed by atoms with E-state index in [-0.39, 0.29) is 0 Å². The van der Waals surface area contributed by atoms with E-state index in [4.69, 9.17) is 11.6 Å². The van der Waals surface area contributed by atoms with Crippen LogP contribution in [0.2, 0.25) is 5.02 Å². The molecule has 1 aromatic heterocycles. The van der Waals surface area contributed by atoms with Crippen molar-refractivity contribution in [1.82, 2.24) is 9.88 Å². The fraction of sp³-hybridized carbons (Fsp3) is 0.375. The van der Waals surface area contributed by atoms with Crippen molar-refractivity contribution in [2.75, 3.05) is 0 Å². The van der Waals surface area contributed by atoms with Crippen LogP contribution in [0.5, 0.6) is 0 Å². The van der Waals surface area contributed by atoms with Gasteiger partial charge in [0.2, 0.25) is 0 Å². The maximum Gasteiger partial charge on any atom is 0.0488 e. The Morgan fingerprint density at radius 2 is 2.16 bits per heavy atom. The third kappa shape index (κ3) is 3.20. The maximum atomic E-state index is 6.31.